The lowest BCUT2D eigenvalue weighted by atomic mass is 10.2. The highest BCUT2D eigenvalue weighted by Gasteiger charge is 2.13. The first-order valence-electron chi connectivity index (χ1n) is 7.03. The lowest BCUT2D eigenvalue weighted by Gasteiger charge is -2.08. The van der Waals surface area contributed by atoms with Gasteiger partial charge in [0.15, 0.2) is 6.61 Å². The van der Waals surface area contributed by atoms with Gasteiger partial charge in [-0.3, -0.25) is 4.79 Å². The highest BCUT2D eigenvalue weighted by Crippen LogP contribution is 2.18. The molecule has 1 rings (SSSR count). The molecule has 0 aromatic heterocycles. The fraction of sp³-hybridized carbons (Fsp3) is 0.467. The van der Waals surface area contributed by atoms with Crippen molar-refractivity contribution in [2.75, 3.05) is 18.9 Å². The highest BCUT2D eigenvalue weighted by atomic mass is 35.5. The van der Waals surface area contributed by atoms with Crippen molar-refractivity contribution in [3.05, 3.63) is 28.8 Å². The second kappa shape index (κ2) is 9.23. The summed E-state index contributed by atoms with van der Waals surface area (Å²) in [6, 6.07) is 4.48. The van der Waals surface area contributed by atoms with Crippen LogP contribution in [0.3, 0.4) is 0 Å². The van der Waals surface area contributed by atoms with Gasteiger partial charge < -0.3 is 15.8 Å². The summed E-state index contributed by atoms with van der Waals surface area (Å²) in [6.45, 7) is 2.41. The number of carbonyl (C=O) groups excluding carboxylic acids is 2. The molecule has 0 unspecified atom stereocenters. The molecule has 3 N–H and O–H groups in total. The lowest BCUT2D eigenvalue weighted by Crippen LogP contribution is -2.29. The Morgan fingerprint density at radius 3 is 2.71 bits per heavy atom. The summed E-state index contributed by atoms with van der Waals surface area (Å²) in [6.07, 6.45) is 4.31. The summed E-state index contributed by atoms with van der Waals surface area (Å²) >= 11 is 5.75. The van der Waals surface area contributed by atoms with Crippen molar-refractivity contribution in [2.45, 2.75) is 32.6 Å². The van der Waals surface area contributed by atoms with Crippen molar-refractivity contribution >= 4 is 29.2 Å². The largest absolute Gasteiger partial charge is 0.452 e. The second-order valence-corrected chi connectivity index (χ2v) is 5.15. The average Bonchev–Trinajstić information content (AvgIpc) is 2.44. The molecule has 0 spiro atoms. The van der Waals surface area contributed by atoms with E-state index in [2.05, 4.69) is 12.2 Å². The number of amides is 1. The summed E-state index contributed by atoms with van der Waals surface area (Å²) in [5.41, 5.74) is 6.10. The molecule has 0 aliphatic heterocycles. The molecule has 0 radical (unpaired) electrons. The van der Waals surface area contributed by atoms with Crippen LogP contribution in [0.25, 0.3) is 0 Å². The topological polar surface area (TPSA) is 81.4 Å². The van der Waals surface area contributed by atoms with Gasteiger partial charge in [0.2, 0.25) is 0 Å². The fourth-order valence-electron chi connectivity index (χ4n) is 1.76. The molecule has 1 aromatic carbocycles. The van der Waals surface area contributed by atoms with Crippen LogP contribution in [0.5, 0.6) is 0 Å². The number of hydrogen-bond acceptors (Lipinski definition) is 4. The van der Waals surface area contributed by atoms with E-state index < -0.39 is 5.97 Å². The summed E-state index contributed by atoms with van der Waals surface area (Å²) < 4.78 is 4.91. The molecule has 0 saturated heterocycles. The van der Waals surface area contributed by atoms with E-state index in [1.54, 1.807) is 6.07 Å². The maximum Gasteiger partial charge on any atom is 0.340 e. The number of anilines is 1. The van der Waals surface area contributed by atoms with Crippen molar-refractivity contribution in [3.63, 3.8) is 0 Å². The van der Waals surface area contributed by atoms with Crippen LogP contribution in [0.15, 0.2) is 18.2 Å². The van der Waals surface area contributed by atoms with Crippen molar-refractivity contribution in [1.82, 2.24) is 5.32 Å². The van der Waals surface area contributed by atoms with Crippen LogP contribution in [0.2, 0.25) is 5.02 Å². The predicted octanol–water partition coefficient (Wildman–Crippen LogP) is 2.78. The number of nitrogen functional groups attached to an aromatic ring is 1. The molecular weight excluding hydrogens is 292 g/mol. The molecule has 116 valence electrons. The number of benzene rings is 1. The van der Waals surface area contributed by atoms with Crippen LogP contribution < -0.4 is 11.1 Å². The smallest absolute Gasteiger partial charge is 0.340 e. The van der Waals surface area contributed by atoms with Gasteiger partial charge in [-0.25, -0.2) is 4.79 Å². The van der Waals surface area contributed by atoms with Gasteiger partial charge in [-0.1, -0.05) is 37.8 Å². The van der Waals surface area contributed by atoms with Gasteiger partial charge >= 0.3 is 5.97 Å². The Morgan fingerprint density at radius 2 is 2.05 bits per heavy atom. The van der Waals surface area contributed by atoms with Gasteiger partial charge in [0.05, 0.1) is 5.56 Å². The number of nitrogens with two attached hydrogens (primary N) is 1. The summed E-state index contributed by atoms with van der Waals surface area (Å²) in [7, 11) is 0. The Kier molecular flexibility index (Phi) is 7.61. The molecule has 0 fully saturated rings. The molecule has 21 heavy (non-hydrogen) atoms. The Hall–Kier alpha value is -1.75. The van der Waals surface area contributed by atoms with Gasteiger partial charge in [0, 0.05) is 17.3 Å². The van der Waals surface area contributed by atoms with Crippen molar-refractivity contribution < 1.29 is 14.3 Å². The minimum atomic E-state index is -0.634. The van der Waals surface area contributed by atoms with Gasteiger partial charge in [0.1, 0.15) is 0 Å². The SMILES string of the molecule is CCCCCCNC(=O)COC(=O)c1ccc(Cl)cc1N. The summed E-state index contributed by atoms with van der Waals surface area (Å²) in [4.78, 5) is 23.3. The Morgan fingerprint density at radius 1 is 1.29 bits per heavy atom. The number of rotatable bonds is 8. The quantitative estimate of drug-likeness (QED) is 0.439. The van der Waals surface area contributed by atoms with Crippen LogP contribution in [0, 0.1) is 0 Å². The first-order valence-corrected chi connectivity index (χ1v) is 7.41. The molecule has 1 amide bonds. The first kappa shape index (κ1) is 17.3. The Bertz CT molecular complexity index is 492. The zero-order valence-electron chi connectivity index (χ0n) is 12.2. The van der Waals surface area contributed by atoms with Crippen LogP contribution in [0.4, 0.5) is 5.69 Å². The maximum atomic E-state index is 11.8. The number of nitrogens with one attached hydrogen (secondary N) is 1. The zero-order chi connectivity index (χ0) is 15.7. The molecule has 0 aliphatic rings. The normalized spacial score (nSPS) is 10.2. The van der Waals surface area contributed by atoms with E-state index in [0.717, 1.165) is 25.7 Å². The molecule has 0 bridgehead atoms. The lowest BCUT2D eigenvalue weighted by molar-refractivity contribution is -0.124. The van der Waals surface area contributed by atoms with Crippen LogP contribution in [0.1, 0.15) is 43.0 Å². The number of unbranched alkanes of at least 4 members (excludes halogenated alkanes) is 3. The van der Waals surface area contributed by atoms with E-state index in [-0.39, 0.29) is 23.8 Å². The summed E-state index contributed by atoms with van der Waals surface area (Å²) in [5, 5.41) is 3.14. The van der Waals surface area contributed by atoms with E-state index in [9.17, 15) is 9.59 Å². The van der Waals surface area contributed by atoms with Gasteiger partial charge in [-0.15, -0.1) is 0 Å². The van der Waals surface area contributed by atoms with Gasteiger partial charge in [0.25, 0.3) is 5.91 Å². The van der Waals surface area contributed by atoms with E-state index in [1.165, 1.54) is 12.1 Å². The fourth-order valence-corrected chi connectivity index (χ4v) is 1.94. The summed E-state index contributed by atoms with van der Waals surface area (Å²) in [5.74, 6) is -0.947. The van der Waals surface area contributed by atoms with E-state index in [4.69, 9.17) is 22.1 Å². The third-order valence-corrected chi connectivity index (χ3v) is 3.16. The van der Waals surface area contributed by atoms with Crippen molar-refractivity contribution in [3.8, 4) is 0 Å². The van der Waals surface area contributed by atoms with Gasteiger partial charge in [-0.05, 0) is 24.6 Å². The zero-order valence-corrected chi connectivity index (χ0v) is 12.9. The molecule has 0 aliphatic carbocycles. The molecule has 0 atom stereocenters. The highest BCUT2D eigenvalue weighted by molar-refractivity contribution is 6.31. The third kappa shape index (κ3) is 6.49. The van der Waals surface area contributed by atoms with E-state index in [0.29, 0.717) is 11.6 Å². The molecule has 0 saturated carbocycles. The molecule has 0 heterocycles. The minimum absolute atomic E-state index is 0.204. The Balaban J connectivity index is 2.30. The second-order valence-electron chi connectivity index (χ2n) is 4.72. The number of esters is 1. The number of halogens is 1. The third-order valence-electron chi connectivity index (χ3n) is 2.92. The standard InChI is InChI=1S/C15H21ClN2O3/c1-2-3-4-5-8-18-14(19)10-21-15(20)12-7-6-11(16)9-13(12)17/h6-7,9H,2-5,8,10,17H2,1H3,(H,18,19). The number of hydrogen-bond donors (Lipinski definition) is 2. The Labute approximate surface area is 129 Å². The van der Waals surface area contributed by atoms with E-state index >= 15 is 0 Å². The maximum absolute atomic E-state index is 11.8. The monoisotopic (exact) mass is 312 g/mol. The first-order chi connectivity index (χ1) is 10.0. The van der Waals surface area contributed by atoms with Gasteiger partial charge in [-0.2, -0.15) is 0 Å². The molecular formula is C15H21ClN2O3. The predicted molar refractivity (Wildman–Crippen MR) is 83.3 cm³/mol. The van der Waals surface area contributed by atoms with Crippen molar-refractivity contribution in [2.24, 2.45) is 0 Å². The van der Waals surface area contributed by atoms with Crippen LogP contribution in [-0.2, 0) is 9.53 Å². The van der Waals surface area contributed by atoms with E-state index in [1.807, 2.05) is 0 Å². The molecule has 1 aromatic rings. The van der Waals surface area contributed by atoms with Crippen LogP contribution >= 0.6 is 11.6 Å². The van der Waals surface area contributed by atoms with Crippen molar-refractivity contribution in [1.29, 1.82) is 0 Å². The number of ether oxygens (including phenoxy) is 1. The number of carbonyl (C=O) groups is 2. The average molecular weight is 313 g/mol. The van der Waals surface area contributed by atoms with Crippen LogP contribution in [-0.4, -0.2) is 25.0 Å². The minimum Gasteiger partial charge on any atom is -0.452 e. The molecule has 5 nitrogen and oxygen atoms in total. The molecule has 6 heteroatoms.